The van der Waals surface area contributed by atoms with Crippen LogP contribution in [0.25, 0.3) is 49.7 Å². The zero-order chi connectivity index (χ0) is 22.0. The molecule has 2 aliphatic carbocycles. The van der Waals surface area contributed by atoms with Crippen molar-refractivity contribution in [3.63, 3.8) is 0 Å². The second kappa shape index (κ2) is 5.87. The van der Waals surface area contributed by atoms with Crippen molar-refractivity contribution < 1.29 is 0 Å². The Bertz CT molecular complexity index is 1880. The number of aromatic nitrogens is 1. The molecule has 0 atom stereocenters. The topological polar surface area (TPSA) is 4.93 Å². The second-order valence-corrected chi connectivity index (χ2v) is 10.1. The average molecular weight is 432 g/mol. The summed E-state index contributed by atoms with van der Waals surface area (Å²) in [6.07, 6.45) is 3.07. The first-order valence-corrected chi connectivity index (χ1v) is 12.3. The normalized spacial score (nSPS) is 14.1. The van der Waals surface area contributed by atoms with Gasteiger partial charge < -0.3 is 4.57 Å². The molecule has 9 rings (SSSR count). The Morgan fingerprint density at radius 1 is 0.441 bits per heavy atom. The van der Waals surface area contributed by atoms with Gasteiger partial charge in [-0.25, -0.2) is 0 Å². The van der Waals surface area contributed by atoms with Gasteiger partial charge in [-0.3, -0.25) is 0 Å². The molecule has 34 heavy (non-hydrogen) atoms. The molecule has 0 spiro atoms. The monoisotopic (exact) mass is 431 g/mol. The van der Waals surface area contributed by atoms with E-state index in [1.54, 1.807) is 0 Å². The van der Waals surface area contributed by atoms with Gasteiger partial charge in [-0.2, -0.15) is 0 Å². The maximum absolute atomic E-state index is 2.62. The van der Waals surface area contributed by atoms with E-state index in [0.29, 0.717) is 0 Å². The van der Waals surface area contributed by atoms with Gasteiger partial charge >= 0.3 is 0 Å². The van der Waals surface area contributed by atoms with Gasteiger partial charge in [-0.05, 0) is 68.1 Å². The number of hydrogen-bond donors (Lipinski definition) is 0. The van der Waals surface area contributed by atoms with Crippen LogP contribution in [0.1, 0.15) is 33.4 Å². The van der Waals surface area contributed by atoms with Crippen LogP contribution in [0.15, 0.2) is 91.0 Å². The summed E-state index contributed by atoms with van der Waals surface area (Å²) in [6, 6.07) is 34.5. The molecule has 158 valence electrons. The summed E-state index contributed by atoms with van der Waals surface area (Å²) >= 11 is 0. The van der Waals surface area contributed by atoms with E-state index in [1.165, 1.54) is 83.1 Å². The highest BCUT2D eigenvalue weighted by Gasteiger charge is 2.29. The Hall–Kier alpha value is -4.10. The molecular weight excluding hydrogens is 410 g/mol. The molecule has 0 bridgehead atoms. The molecule has 1 aromatic heterocycles. The summed E-state index contributed by atoms with van der Waals surface area (Å²) in [5.41, 5.74) is 18.6. The summed E-state index contributed by atoms with van der Waals surface area (Å²) < 4.78 is 2.62. The summed E-state index contributed by atoms with van der Waals surface area (Å²) in [4.78, 5) is 0. The van der Waals surface area contributed by atoms with Crippen LogP contribution in [-0.2, 0) is 19.3 Å². The van der Waals surface area contributed by atoms with Crippen LogP contribution in [0.4, 0.5) is 0 Å². The summed E-state index contributed by atoms with van der Waals surface area (Å²) in [5, 5.41) is 2.77. The molecule has 0 fully saturated rings. The fraction of sp³-hybridized carbons (Fsp3) is 0.0909. The average Bonchev–Trinajstić information content (AvgIpc) is 3.53. The van der Waals surface area contributed by atoms with Crippen molar-refractivity contribution in [1.82, 2.24) is 4.57 Å². The Morgan fingerprint density at radius 2 is 1.15 bits per heavy atom. The van der Waals surface area contributed by atoms with Crippen molar-refractivity contribution in [2.75, 3.05) is 0 Å². The number of nitrogens with zero attached hydrogens (tertiary/aromatic N) is 1. The first-order chi connectivity index (χ1) is 16.8. The van der Waals surface area contributed by atoms with Crippen molar-refractivity contribution in [3.8, 4) is 27.9 Å². The largest absolute Gasteiger partial charge is 0.308 e. The van der Waals surface area contributed by atoms with E-state index in [4.69, 9.17) is 0 Å². The zero-order valence-corrected chi connectivity index (χ0v) is 18.7. The minimum atomic E-state index is 1.01. The number of hydrogen-bond acceptors (Lipinski definition) is 0. The molecule has 2 heterocycles. The predicted molar refractivity (Wildman–Crippen MR) is 140 cm³/mol. The third kappa shape index (κ3) is 1.98. The smallest absolute Gasteiger partial charge is 0.0582 e. The zero-order valence-electron chi connectivity index (χ0n) is 18.7. The van der Waals surface area contributed by atoms with Crippen LogP contribution in [-0.4, -0.2) is 4.57 Å². The SMILES string of the molecule is c1ccc2c(c1)Cc1cc3c(cc1-2)-n1c2c(cccc2c2ccc4c(c21)Cc1ccccc1-4)C3. The molecule has 0 unspecified atom stereocenters. The van der Waals surface area contributed by atoms with E-state index in [2.05, 4.69) is 95.6 Å². The van der Waals surface area contributed by atoms with Gasteiger partial charge in [0.25, 0.3) is 0 Å². The number of para-hydroxylation sites is 1. The molecule has 6 aromatic rings. The van der Waals surface area contributed by atoms with E-state index in [-0.39, 0.29) is 0 Å². The van der Waals surface area contributed by atoms with Gasteiger partial charge in [-0.1, -0.05) is 84.9 Å². The number of fused-ring (bicyclic) bond motifs is 12. The summed E-state index contributed by atoms with van der Waals surface area (Å²) in [5.74, 6) is 0. The molecule has 1 nitrogen and oxygen atoms in total. The molecular formula is C33H21N. The molecule has 0 saturated heterocycles. The van der Waals surface area contributed by atoms with Crippen LogP contribution in [0.3, 0.4) is 0 Å². The fourth-order valence-electron chi connectivity index (χ4n) is 7.01. The molecule has 5 aromatic carbocycles. The minimum Gasteiger partial charge on any atom is -0.308 e. The van der Waals surface area contributed by atoms with Crippen molar-refractivity contribution in [3.05, 3.63) is 124 Å². The Balaban J connectivity index is 1.43. The van der Waals surface area contributed by atoms with Gasteiger partial charge in [0.15, 0.2) is 0 Å². The van der Waals surface area contributed by atoms with Gasteiger partial charge in [-0.15, -0.1) is 0 Å². The maximum atomic E-state index is 2.62. The molecule has 3 aliphatic rings. The van der Waals surface area contributed by atoms with E-state index in [1.807, 2.05) is 0 Å². The lowest BCUT2D eigenvalue weighted by Crippen LogP contribution is -2.09. The van der Waals surface area contributed by atoms with E-state index < -0.39 is 0 Å². The lowest BCUT2D eigenvalue weighted by Gasteiger charge is -2.23. The number of benzene rings is 5. The maximum Gasteiger partial charge on any atom is 0.0582 e. The van der Waals surface area contributed by atoms with E-state index in [0.717, 1.165) is 19.3 Å². The Kier molecular flexibility index (Phi) is 3.00. The van der Waals surface area contributed by atoms with Crippen molar-refractivity contribution in [1.29, 1.82) is 0 Å². The first kappa shape index (κ1) is 17.4. The van der Waals surface area contributed by atoms with Crippen LogP contribution in [0.5, 0.6) is 0 Å². The highest BCUT2D eigenvalue weighted by Crippen LogP contribution is 2.48. The molecule has 0 radical (unpaired) electrons. The van der Waals surface area contributed by atoms with E-state index in [9.17, 15) is 0 Å². The van der Waals surface area contributed by atoms with Crippen LogP contribution in [0.2, 0.25) is 0 Å². The van der Waals surface area contributed by atoms with Crippen LogP contribution < -0.4 is 0 Å². The summed E-state index contributed by atoms with van der Waals surface area (Å²) in [7, 11) is 0. The van der Waals surface area contributed by atoms with Gasteiger partial charge in [0.1, 0.15) is 0 Å². The van der Waals surface area contributed by atoms with Crippen molar-refractivity contribution in [2.24, 2.45) is 0 Å². The quantitative estimate of drug-likeness (QED) is 0.231. The third-order valence-electron chi connectivity index (χ3n) is 8.43. The Morgan fingerprint density at radius 3 is 2.03 bits per heavy atom. The second-order valence-electron chi connectivity index (χ2n) is 10.1. The van der Waals surface area contributed by atoms with Crippen molar-refractivity contribution >= 4 is 21.8 Å². The highest BCUT2D eigenvalue weighted by atomic mass is 15.0. The molecule has 0 amide bonds. The predicted octanol–water partition coefficient (Wildman–Crippen LogP) is 7.83. The first-order valence-electron chi connectivity index (χ1n) is 12.3. The molecule has 1 aliphatic heterocycles. The lowest BCUT2D eigenvalue weighted by molar-refractivity contribution is 1.03. The number of rotatable bonds is 0. The minimum absolute atomic E-state index is 1.01. The molecule has 0 saturated carbocycles. The van der Waals surface area contributed by atoms with Gasteiger partial charge in [0, 0.05) is 23.6 Å². The summed E-state index contributed by atoms with van der Waals surface area (Å²) in [6.45, 7) is 0. The highest BCUT2D eigenvalue weighted by molar-refractivity contribution is 6.14. The van der Waals surface area contributed by atoms with Crippen LogP contribution in [0, 0.1) is 0 Å². The van der Waals surface area contributed by atoms with Gasteiger partial charge in [0.05, 0.1) is 16.7 Å². The van der Waals surface area contributed by atoms with Gasteiger partial charge in [0.2, 0.25) is 0 Å². The molecule has 1 heteroatoms. The standard InChI is InChI=1S/C33H21N/c1-4-10-25-19(6-1)14-22-16-23-15-21-8-5-11-27-28-13-12-26-24-9-3-2-7-20(24)17-30(26)33(28)34(32(21)27)31(23)18-29(22)25/h1-13,16,18H,14-15,17H2. The molecule has 0 N–H and O–H groups in total. The van der Waals surface area contributed by atoms with Crippen molar-refractivity contribution in [2.45, 2.75) is 19.3 Å². The van der Waals surface area contributed by atoms with E-state index >= 15 is 0 Å². The van der Waals surface area contributed by atoms with Crippen LogP contribution >= 0.6 is 0 Å². The lowest BCUT2D eigenvalue weighted by atomic mass is 9.93. The third-order valence-corrected chi connectivity index (χ3v) is 8.43. The Labute approximate surface area is 197 Å². The fourth-order valence-corrected chi connectivity index (χ4v) is 7.01.